The summed E-state index contributed by atoms with van der Waals surface area (Å²) >= 11 is 0. The van der Waals surface area contributed by atoms with Crippen molar-refractivity contribution in [2.24, 2.45) is 11.1 Å². The largest absolute Gasteiger partial charge is 0.328 e. The van der Waals surface area contributed by atoms with E-state index in [-0.39, 0.29) is 17.3 Å². The zero-order chi connectivity index (χ0) is 11.4. The van der Waals surface area contributed by atoms with E-state index in [1.54, 1.807) is 12.1 Å². The molecule has 0 radical (unpaired) electrons. The fourth-order valence-corrected chi connectivity index (χ4v) is 3.43. The number of benzene rings is 1. The van der Waals surface area contributed by atoms with Crippen LogP contribution in [0.25, 0.3) is 0 Å². The summed E-state index contributed by atoms with van der Waals surface area (Å²) in [5.74, 6) is -0.313. The maximum absolute atomic E-state index is 14.5. The third kappa shape index (κ3) is 1.38. The first-order chi connectivity index (χ1) is 7.51. The number of hydrogen-bond donors (Lipinski definition) is 1. The molecule has 1 spiro atoms. The first kappa shape index (κ1) is 10.2. The second-order valence-electron chi connectivity index (χ2n) is 5.49. The van der Waals surface area contributed by atoms with Gasteiger partial charge in [-0.15, -0.1) is 0 Å². The van der Waals surface area contributed by atoms with Crippen molar-refractivity contribution in [3.8, 4) is 0 Å². The van der Waals surface area contributed by atoms with Crippen LogP contribution in [0.15, 0.2) is 24.3 Å². The molecule has 3 heteroatoms. The van der Waals surface area contributed by atoms with Crippen LogP contribution >= 0.6 is 0 Å². The van der Waals surface area contributed by atoms with E-state index in [9.17, 15) is 8.78 Å². The van der Waals surface area contributed by atoms with E-state index in [0.717, 1.165) is 12.8 Å². The molecule has 86 valence electrons. The van der Waals surface area contributed by atoms with Crippen molar-refractivity contribution in [1.29, 1.82) is 0 Å². The third-order valence-electron chi connectivity index (χ3n) is 4.06. The summed E-state index contributed by atoms with van der Waals surface area (Å²) < 4.78 is 27.2. The monoisotopic (exact) mass is 223 g/mol. The van der Waals surface area contributed by atoms with E-state index < -0.39 is 5.67 Å². The van der Waals surface area contributed by atoms with Crippen LogP contribution < -0.4 is 5.73 Å². The van der Waals surface area contributed by atoms with Crippen LogP contribution in [0.3, 0.4) is 0 Å². The Bertz CT molecular complexity index is 398. The summed E-state index contributed by atoms with van der Waals surface area (Å²) in [4.78, 5) is 0. The molecule has 1 aromatic carbocycles. The molecule has 1 aromatic rings. The summed E-state index contributed by atoms with van der Waals surface area (Å²) in [6, 6.07) is 6.03. The second kappa shape index (κ2) is 3.04. The Kier molecular flexibility index (Phi) is 1.94. The minimum atomic E-state index is -1.24. The fraction of sp³-hybridized carbons (Fsp3) is 0.538. The topological polar surface area (TPSA) is 26.0 Å². The average Bonchev–Trinajstić information content (AvgIpc) is 2.14. The lowest BCUT2D eigenvalue weighted by Gasteiger charge is -2.59. The van der Waals surface area contributed by atoms with Gasteiger partial charge in [-0.25, -0.2) is 8.78 Å². The Morgan fingerprint density at radius 1 is 1.12 bits per heavy atom. The Morgan fingerprint density at radius 3 is 2.19 bits per heavy atom. The van der Waals surface area contributed by atoms with E-state index in [2.05, 4.69) is 0 Å². The molecule has 2 saturated carbocycles. The van der Waals surface area contributed by atoms with Crippen LogP contribution in [-0.4, -0.2) is 6.04 Å². The Morgan fingerprint density at radius 2 is 1.69 bits per heavy atom. The van der Waals surface area contributed by atoms with Crippen LogP contribution in [0.5, 0.6) is 0 Å². The maximum Gasteiger partial charge on any atom is 0.137 e. The normalized spacial score (nSPS) is 41.6. The molecule has 0 aromatic heterocycles. The summed E-state index contributed by atoms with van der Waals surface area (Å²) in [5.41, 5.74) is 5.26. The average molecular weight is 223 g/mol. The van der Waals surface area contributed by atoms with Crippen molar-refractivity contribution in [2.75, 3.05) is 0 Å². The molecule has 0 heterocycles. The third-order valence-corrected chi connectivity index (χ3v) is 4.06. The van der Waals surface area contributed by atoms with Gasteiger partial charge in [0.15, 0.2) is 0 Å². The summed E-state index contributed by atoms with van der Waals surface area (Å²) in [6.45, 7) is 0. The highest BCUT2D eigenvalue weighted by atomic mass is 19.1. The van der Waals surface area contributed by atoms with Gasteiger partial charge in [-0.05, 0) is 48.8 Å². The van der Waals surface area contributed by atoms with Gasteiger partial charge in [0.25, 0.3) is 0 Å². The van der Waals surface area contributed by atoms with Gasteiger partial charge in [-0.2, -0.15) is 0 Å². The van der Waals surface area contributed by atoms with Gasteiger partial charge >= 0.3 is 0 Å². The van der Waals surface area contributed by atoms with Gasteiger partial charge < -0.3 is 5.73 Å². The summed E-state index contributed by atoms with van der Waals surface area (Å²) in [5, 5.41) is 0. The molecule has 0 bridgehead atoms. The number of nitrogens with two attached hydrogens (primary N) is 1. The first-order valence-corrected chi connectivity index (χ1v) is 5.72. The molecule has 16 heavy (non-hydrogen) atoms. The van der Waals surface area contributed by atoms with Crippen molar-refractivity contribution in [3.05, 3.63) is 35.6 Å². The predicted molar refractivity (Wildman–Crippen MR) is 58.1 cm³/mol. The molecule has 0 aliphatic heterocycles. The lowest BCUT2D eigenvalue weighted by atomic mass is 9.48. The van der Waals surface area contributed by atoms with Gasteiger partial charge in [0.1, 0.15) is 11.5 Å². The molecule has 2 fully saturated rings. The number of rotatable bonds is 1. The van der Waals surface area contributed by atoms with E-state index in [1.165, 1.54) is 12.1 Å². The molecule has 0 atom stereocenters. The van der Waals surface area contributed by atoms with E-state index in [1.807, 2.05) is 0 Å². The van der Waals surface area contributed by atoms with Gasteiger partial charge in [0.05, 0.1) is 0 Å². The molecular formula is C13H15F2N. The Balaban J connectivity index is 1.75. The van der Waals surface area contributed by atoms with Gasteiger partial charge in [0.2, 0.25) is 0 Å². The SMILES string of the molecule is NC1CC2(C1)CC(F)(c1ccc(F)cc1)C2. The Labute approximate surface area is 93.6 Å². The zero-order valence-corrected chi connectivity index (χ0v) is 9.05. The quantitative estimate of drug-likeness (QED) is 0.778. The predicted octanol–water partition coefficient (Wildman–Crippen LogP) is 2.89. The standard InChI is InChI=1S/C13H15F2N/c14-10-3-1-9(2-4-10)13(15)7-12(8-13)5-11(16)6-12/h1-4,11H,5-8,16H2. The number of hydrogen-bond acceptors (Lipinski definition) is 1. The van der Waals surface area contributed by atoms with Crippen LogP contribution in [0.2, 0.25) is 0 Å². The van der Waals surface area contributed by atoms with E-state index in [4.69, 9.17) is 5.73 Å². The molecule has 2 aliphatic carbocycles. The van der Waals surface area contributed by atoms with Gasteiger partial charge in [-0.3, -0.25) is 0 Å². The first-order valence-electron chi connectivity index (χ1n) is 5.72. The minimum Gasteiger partial charge on any atom is -0.328 e. The molecule has 0 saturated heterocycles. The lowest BCUT2D eigenvalue weighted by molar-refractivity contribution is -0.127. The fourth-order valence-electron chi connectivity index (χ4n) is 3.43. The number of halogens is 2. The molecule has 0 amide bonds. The van der Waals surface area contributed by atoms with Crippen LogP contribution in [-0.2, 0) is 5.67 Å². The van der Waals surface area contributed by atoms with Gasteiger partial charge in [0, 0.05) is 6.04 Å². The summed E-state index contributed by atoms with van der Waals surface area (Å²) in [6.07, 6.45) is 3.00. The molecule has 2 aliphatic rings. The highest BCUT2D eigenvalue weighted by Crippen LogP contribution is 2.65. The maximum atomic E-state index is 14.5. The van der Waals surface area contributed by atoms with Crippen molar-refractivity contribution in [2.45, 2.75) is 37.4 Å². The highest BCUT2D eigenvalue weighted by Gasteiger charge is 2.60. The van der Waals surface area contributed by atoms with Crippen molar-refractivity contribution < 1.29 is 8.78 Å². The second-order valence-corrected chi connectivity index (χ2v) is 5.49. The Hall–Kier alpha value is -0.960. The van der Waals surface area contributed by atoms with Crippen LogP contribution in [0, 0.1) is 11.2 Å². The molecule has 2 N–H and O–H groups in total. The smallest absolute Gasteiger partial charge is 0.137 e. The molecular weight excluding hydrogens is 208 g/mol. The zero-order valence-electron chi connectivity index (χ0n) is 9.05. The van der Waals surface area contributed by atoms with Gasteiger partial charge in [-0.1, -0.05) is 12.1 Å². The molecule has 0 unspecified atom stereocenters. The van der Waals surface area contributed by atoms with Crippen molar-refractivity contribution in [3.63, 3.8) is 0 Å². The van der Waals surface area contributed by atoms with Crippen LogP contribution in [0.4, 0.5) is 8.78 Å². The highest BCUT2D eigenvalue weighted by molar-refractivity contribution is 5.29. The van der Waals surface area contributed by atoms with Crippen molar-refractivity contribution in [1.82, 2.24) is 0 Å². The molecule has 1 nitrogen and oxygen atoms in total. The van der Waals surface area contributed by atoms with E-state index in [0.29, 0.717) is 18.4 Å². The summed E-state index contributed by atoms with van der Waals surface area (Å²) in [7, 11) is 0. The lowest BCUT2D eigenvalue weighted by Crippen LogP contribution is -2.58. The minimum absolute atomic E-state index is 0.155. The number of alkyl halides is 1. The van der Waals surface area contributed by atoms with Crippen molar-refractivity contribution >= 4 is 0 Å². The van der Waals surface area contributed by atoms with E-state index >= 15 is 0 Å². The molecule has 3 rings (SSSR count). The van der Waals surface area contributed by atoms with Crippen LogP contribution in [0.1, 0.15) is 31.2 Å².